The number of morpholine rings is 1. The van der Waals surface area contributed by atoms with Gasteiger partial charge in [0.05, 0.1) is 19.5 Å². The fourth-order valence-electron chi connectivity index (χ4n) is 2.98. The first-order chi connectivity index (χ1) is 12.3. The Morgan fingerprint density at radius 2 is 2.32 bits per heavy atom. The number of carbonyl (C=O) groups excluding carboxylic acids is 1. The zero-order chi connectivity index (χ0) is 17.5. The van der Waals surface area contributed by atoms with E-state index in [-0.39, 0.29) is 12.1 Å². The molecule has 0 saturated carbocycles. The van der Waals surface area contributed by atoms with Crippen LogP contribution < -0.4 is 5.32 Å². The number of rotatable bonds is 7. The maximum Gasteiger partial charge on any atom is 0.318 e. The SMILES string of the molecule is CCc1ccc([C@@H]2COCCN2C(=O)NCCCCn2ccnc2)o1. The average molecular weight is 346 g/mol. The number of unbranched alkanes of at least 4 members (excludes halogenated alkanes) is 1. The number of nitrogens with one attached hydrogen (secondary N) is 1. The van der Waals surface area contributed by atoms with Gasteiger partial charge in [0.1, 0.15) is 17.6 Å². The van der Waals surface area contributed by atoms with Crippen molar-refractivity contribution in [2.24, 2.45) is 0 Å². The Morgan fingerprint density at radius 3 is 3.08 bits per heavy atom. The molecule has 3 rings (SSSR count). The third-order valence-electron chi connectivity index (χ3n) is 4.43. The summed E-state index contributed by atoms with van der Waals surface area (Å²) in [7, 11) is 0. The van der Waals surface area contributed by atoms with Gasteiger partial charge >= 0.3 is 6.03 Å². The molecule has 1 aliphatic rings. The Labute approximate surface area is 148 Å². The third kappa shape index (κ3) is 4.63. The number of ether oxygens (including phenoxy) is 1. The summed E-state index contributed by atoms with van der Waals surface area (Å²) in [5, 5.41) is 3.02. The zero-order valence-electron chi connectivity index (χ0n) is 14.7. The molecular weight excluding hydrogens is 320 g/mol. The number of aromatic nitrogens is 2. The van der Waals surface area contributed by atoms with E-state index in [4.69, 9.17) is 9.15 Å². The number of carbonyl (C=O) groups is 1. The highest BCUT2D eigenvalue weighted by Gasteiger charge is 2.30. The number of furan rings is 1. The number of urea groups is 1. The van der Waals surface area contributed by atoms with Crippen LogP contribution >= 0.6 is 0 Å². The van der Waals surface area contributed by atoms with Crippen LogP contribution in [0.25, 0.3) is 0 Å². The molecule has 2 aromatic heterocycles. The number of imidazole rings is 1. The topological polar surface area (TPSA) is 72.5 Å². The lowest BCUT2D eigenvalue weighted by Crippen LogP contribution is -2.48. The van der Waals surface area contributed by atoms with Crippen molar-refractivity contribution in [2.45, 2.75) is 38.8 Å². The minimum atomic E-state index is -0.153. The van der Waals surface area contributed by atoms with Crippen molar-refractivity contribution in [3.8, 4) is 0 Å². The van der Waals surface area contributed by atoms with Gasteiger partial charge in [-0.1, -0.05) is 6.92 Å². The van der Waals surface area contributed by atoms with E-state index in [0.717, 1.165) is 37.3 Å². The van der Waals surface area contributed by atoms with Gasteiger partial charge in [-0.2, -0.15) is 0 Å². The summed E-state index contributed by atoms with van der Waals surface area (Å²) >= 11 is 0. The number of amides is 2. The second-order valence-electron chi connectivity index (χ2n) is 6.18. The summed E-state index contributed by atoms with van der Waals surface area (Å²) < 4.78 is 13.4. The van der Waals surface area contributed by atoms with Crippen LogP contribution in [0, 0.1) is 0 Å². The molecule has 0 aliphatic carbocycles. The summed E-state index contributed by atoms with van der Waals surface area (Å²) in [5.74, 6) is 1.73. The highest BCUT2D eigenvalue weighted by Crippen LogP contribution is 2.26. The molecule has 7 nitrogen and oxygen atoms in total. The van der Waals surface area contributed by atoms with Crippen molar-refractivity contribution in [1.29, 1.82) is 0 Å². The number of nitrogens with zero attached hydrogens (tertiary/aromatic N) is 3. The summed E-state index contributed by atoms with van der Waals surface area (Å²) in [6, 6.07) is 3.71. The second kappa shape index (κ2) is 8.71. The molecule has 0 bridgehead atoms. The summed E-state index contributed by atoms with van der Waals surface area (Å²) in [6.07, 6.45) is 8.31. The largest absolute Gasteiger partial charge is 0.464 e. The van der Waals surface area contributed by atoms with Crippen LogP contribution in [0.3, 0.4) is 0 Å². The maximum atomic E-state index is 12.6. The van der Waals surface area contributed by atoms with Crippen molar-refractivity contribution in [1.82, 2.24) is 19.8 Å². The van der Waals surface area contributed by atoms with Crippen LogP contribution in [0.2, 0.25) is 0 Å². The highest BCUT2D eigenvalue weighted by molar-refractivity contribution is 5.74. The number of hydrogen-bond acceptors (Lipinski definition) is 4. The van der Waals surface area contributed by atoms with Gasteiger partial charge < -0.3 is 23.9 Å². The monoisotopic (exact) mass is 346 g/mol. The molecule has 3 heterocycles. The minimum Gasteiger partial charge on any atom is -0.464 e. The molecule has 1 N–H and O–H groups in total. The first-order valence-electron chi connectivity index (χ1n) is 8.94. The van der Waals surface area contributed by atoms with E-state index in [0.29, 0.717) is 26.3 Å². The Hall–Kier alpha value is -2.28. The molecule has 0 radical (unpaired) electrons. The van der Waals surface area contributed by atoms with Crippen LogP contribution in [-0.2, 0) is 17.7 Å². The van der Waals surface area contributed by atoms with E-state index in [1.165, 1.54) is 0 Å². The van der Waals surface area contributed by atoms with Gasteiger partial charge in [-0.3, -0.25) is 0 Å². The second-order valence-corrected chi connectivity index (χ2v) is 6.18. The van der Waals surface area contributed by atoms with Gasteiger partial charge in [0.2, 0.25) is 0 Å². The third-order valence-corrected chi connectivity index (χ3v) is 4.43. The molecule has 136 valence electrons. The molecule has 2 amide bonds. The molecule has 1 aliphatic heterocycles. The summed E-state index contributed by atoms with van der Waals surface area (Å²) in [6.45, 7) is 5.25. The zero-order valence-corrected chi connectivity index (χ0v) is 14.7. The lowest BCUT2D eigenvalue weighted by Gasteiger charge is -2.34. The Kier molecular flexibility index (Phi) is 6.11. The Bertz CT molecular complexity index is 653. The summed E-state index contributed by atoms with van der Waals surface area (Å²) in [5.41, 5.74) is 0. The van der Waals surface area contributed by atoms with E-state index in [1.54, 1.807) is 6.20 Å². The minimum absolute atomic E-state index is 0.0506. The Balaban J connectivity index is 1.47. The van der Waals surface area contributed by atoms with E-state index in [1.807, 2.05) is 41.0 Å². The molecule has 25 heavy (non-hydrogen) atoms. The lowest BCUT2D eigenvalue weighted by molar-refractivity contribution is 0.00401. The molecule has 0 aromatic carbocycles. The van der Waals surface area contributed by atoms with Crippen molar-refractivity contribution in [2.75, 3.05) is 26.3 Å². The first kappa shape index (κ1) is 17.5. The lowest BCUT2D eigenvalue weighted by atomic mass is 10.2. The van der Waals surface area contributed by atoms with Crippen LogP contribution in [0.1, 0.15) is 37.3 Å². The molecule has 7 heteroatoms. The summed E-state index contributed by atoms with van der Waals surface area (Å²) in [4.78, 5) is 18.4. The number of hydrogen-bond donors (Lipinski definition) is 1. The van der Waals surface area contributed by atoms with Crippen molar-refractivity contribution < 1.29 is 13.9 Å². The molecule has 1 saturated heterocycles. The molecular formula is C18H26N4O3. The van der Waals surface area contributed by atoms with Gasteiger partial charge in [-0.15, -0.1) is 0 Å². The van der Waals surface area contributed by atoms with Gasteiger partial charge in [-0.25, -0.2) is 9.78 Å². The Morgan fingerprint density at radius 1 is 1.40 bits per heavy atom. The maximum absolute atomic E-state index is 12.6. The normalized spacial score (nSPS) is 17.6. The standard InChI is InChI=1S/C18H26N4O3/c1-2-15-5-6-17(25-15)16-13-24-12-11-22(16)18(23)20-7-3-4-9-21-10-8-19-14-21/h5-6,8,10,14,16H,2-4,7,9,11-13H2,1H3,(H,20,23)/t16-/m0/s1. The van der Waals surface area contributed by atoms with Crippen LogP contribution in [0.15, 0.2) is 35.3 Å². The predicted molar refractivity (Wildman–Crippen MR) is 93.2 cm³/mol. The van der Waals surface area contributed by atoms with E-state index >= 15 is 0 Å². The first-order valence-corrected chi connectivity index (χ1v) is 8.94. The molecule has 1 fully saturated rings. The van der Waals surface area contributed by atoms with Crippen LogP contribution in [0.5, 0.6) is 0 Å². The van der Waals surface area contributed by atoms with E-state index in [9.17, 15) is 4.79 Å². The van der Waals surface area contributed by atoms with Crippen molar-refractivity contribution >= 4 is 6.03 Å². The van der Waals surface area contributed by atoms with Crippen molar-refractivity contribution in [3.05, 3.63) is 42.4 Å². The van der Waals surface area contributed by atoms with Gasteiger partial charge in [0.15, 0.2) is 0 Å². The number of aryl methyl sites for hydroxylation is 2. The smallest absolute Gasteiger partial charge is 0.318 e. The molecule has 0 spiro atoms. The van der Waals surface area contributed by atoms with Crippen LogP contribution in [0.4, 0.5) is 4.79 Å². The van der Waals surface area contributed by atoms with Gasteiger partial charge in [0.25, 0.3) is 0 Å². The quantitative estimate of drug-likeness (QED) is 0.782. The van der Waals surface area contributed by atoms with Crippen molar-refractivity contribution in [3.63, 3.8) is 0 Å². The molecule has 1 atom stereocenters. The molecule has 2 aromatic rings. The fourth-order valence-corrected chi connectivity index (χ4v) is 2.98. The fraction of sp³-hybridized carbons (Fsp3) is 0.556. The van der Waals surface area contributed by atoms with Gasteiger partial charge in [-0.05, 0) is 25.0 Å². The molecule has 0 unspecified atom stereocenters. The van der Waals surface area contributed by atoms with E-state index in [2.05, 4.69) is 10.3 Å². The van der Waals surface area contributed by atoms with E-state index < -0.39 is 0 Å². The predicted octanol–water partition coefficient (Wildman–Crippen LogP) is 2.60. The highest BCUT2D eigenvalue weighted by atomic mass is 16.5. The van der Waals surface area contributed by atoms with Gasteiger partial charge in [0, 0.05) is 38.4 Å². The average Bonchev–Trinajstić information content (AvgIpc) is 3.33. The van der Waals surface area contributed by atoms with Crippen LogP contribution in [-0.4, -0.2) is 46.8 Å².